The lowest BCUT2D eigenvalue weighted by Gasteiger charge is -2.15. The zero-order valence-corrected chi connectivity index (χ0v) is 10.0. The third kappa shape index (κ3) is 2.37. The van der Waals surface area contributed by atoms with Gasteiger partial charge in [0.15, 0.2) is 0 Å². The lowest BCUT2D eigenvalue weighted by atomic mass is 10.0. The van der Waals surface area contributed by atoms with Gasteiger partial charge in [0.25, 0.3) is 0 Å². The molecule has 0 aliphatic heterocycles. The predicted octanol–water partition coefficient (Wildman–Crippen LogP) is 2.99. The summed E-state index contributed by atoms with van der Waals surface area (Å²) in [5.41, 5.74) is 1.42. The third-order valence-corrected chi connectivity index (χ3v) is 3.73. The SMILES string of the molecule is CNC(Cc1ccccc1Br)C1CC1. The van der Waals surface area contributed by atoms with Crippen molar-refractivity contribution >= 4 is 15.9 Å². The van der Waals surface area contributed by atoms with Gasteiger partial charge < -0.3 is 5.32 Å². The summed E-state index contributed by atoms with van der Waals surface area (Å²) in [6.45, 7) is 0. The summed E-state index contributed by atoms with van der Waals surface area (Å²) in [7, 11) is 2.07. The second-order valence-corrected chi connectivity index (χ2v) is 4.88. The van der Waals surface area contributed by atoms with Crippen LogP contribution >= 0.6 is 15.9 Å². The molecule has 2 rings (SSSR count). The molecule has 0 heterocycles. The van der Waals surface area contributed by atoms with Crippen molar-refractivity contribution in [3.05, 3.63) is 34.3 Å². The largest absolute Gasteiger partial charge is 0.316 e. The van der Waals surface area contributed by atoms with Gasteiger partial charge in [-0.1, -0.05) is 34.1 Å². The standard InChI is InChI=1S/C12H16BrN/c1-14-12(9-6-7-9)8-10-4-2-3-5-11(10)13/h2-5,9,12,14H,6-8H2,1H3. The molecule has 76 valence electrons. The molecule has 2 heteroatoms. The van der Waals surface area contributed by atoms with Crippen molar-refractivity contribution in [1.82, 2.24) is 5.32 Å². The molecule has 14 heavy (non-hydrogen) atoms. The summed E-state index contributed by atoms with van der Waals surface area (Å²) in [5.74, 6) is 0.909. The second-order valence-electron chi connectivity index (χ2n) is 4.03. The predicted molar refractivity (Wildman–Crippen MR) is 63.4 cm³/mol. The van der Waals surface area contributed by atoms with Crippen molar-refractivity contribution in [2.75, 3.05) is 7.05 Å². The average molecular weight is 254 g/mol. The molecular formula is C12H16BrN. The van der Waals surface area contributed by atoms with Crippen LogP contribution in [0.4, 0.5) is 0 Å². The smallest absolute Gasteiger partial charge is 0.0207 e. The first-order chi connectivity index (χ1) is 6.81. The van der Waals surface area contributed by atoms with Crippen molar-refractivity contribution in [3.63, 3.8) is 0 Å². The van der Waals surface area contributed by atoms with Crippen LogP contribution in [0.5, 0.6) is 0 Å². The van der Waals surface area contributed by atoms with Gasteiger partial charge in [-0.3, -0.25) is 0 Å². The van der Waals surface area contributed by atoms with E-state index in [0.29, 0.717) is 6.04 Å². The molecule has 1 aromatic rings. The molecule has 1 saturated carbocycles. The minimum Gasteiger partial charge on any atom is -0.316 e. The van der Waals surface area contributed by atoms with E-state index >= 15 is 0 Å². The molecule has 0 radical (unpaired) electrons. The molecule has 1 nitrogen and oxygen atoms in total. The quantitative estimate of drug-likeness (QED) is 0.871. The van der Waals surface area contributed by atoms with E-state index in [9.17, 15) is 0 Å². The number of rotatable bonds is 4. The number of hydrogen-bond acceptors (Lipinski definition) is 1. The maximum Gasteiger partial charge on any atom is 0.0207 e. The van der Waals surface area contributed by atoms with Gasteiger partial charge in [-0.25, -0.2) is 0 Å². The van der Waals surface area contributed by atoms with Crippen LogP contribution in [0, 0.1) is 5.92 Å². The van der Waals surface area contributed by atoms with Gasteiger partial charge in [0.05, 0.1) is 0 Å². The minimum atomic E-state index is 0.661. The van der Waals surface area contributed by atoms with E-state index in [-0.39, 0.29) is 0 Å². The normalized spacial score (nSPS) is 18.1. The van der Waals surface area contributed by atoms with Gasteiger partial charge in [0.2, 0.25) is 0 Å². The van der Waals surface area contributed by atoms with Crippen molar-refractivity contribution in [2.24, 2.45) is 5.92 Å². The van der Waals surface area contributed by atoms with E-state index in [0.717, 1.165) is 12.3 Å². The fourth-order valence-corrected chi connectivity index (χ4v) is 2.35. The summed E-state index contributed by atoms with van der Waals surface area (Å²) < 4.78 is 1.24. The lowest BCUT2D eigenvalue weighted by molar-refractivity contribution is 0.500. The highest BCUT2D eigenvalue weighted by molar-refractivity contribution is 9.10. The Kier molecular flexibility index (Phi) is 3.24. The van der Waals surface area contributed by atoms with E-state index in [1.165, 1.54) is 22.9 Å². The molecule has 0 saturated heterocycles. The zero-order chi connectivity index (χ0) is 9.97. The number of halogens is 1. The van der Waals surface area contributed by atoms with Crippen molar-refractivity contribution in [3.8, 4) is 0 Å². The second kappa shape index (κ2) is 4.45. The molecule has 1 aromatic carbocycles. The first-order valence-electron chi connectivity index (χ1n) is 5.22. The highest BCUT2D eigenvalue weighted by Gasteiger charge is 2.30. The van der Waals surface area contributed by atoms with E-state index in [2.05, 4.69) is 52.6 Å². The molecular weight excluding hydrogens is 238 g/mol. The fraction of sp³-hybridized carbons (Fsp3) is 0.500. The highest BCUT2D eigenvalue weighted by Crippen LogP contribution is 2.34. The Labute approximate surface area is 94.0 Å². The molecule has 0 bridgehead atoms. The molecule has 1 aliphatic carbocycles. The Bertz CT molecular complexity index is 307. The molecule has 0 amide bonds. The van der Waals surface area contributed by atoms with Crippen LogP contribution in [-0.4, -0.2) is 13.1 Å². The summed E-state index contributed by atoms with van der Waals surface area (Å²) in [5, 5.41) is 3.42. The molecule has 0 aromatic heterocycles. The van der Waals surface area contributed by atoms with E-state index in [1.54, 1.807) is 0 Å². The van der Waals surface area contributed by atoms with Gasteiger partial charge in [0.1, 0.15) is 0 Å². The van der Waals surface area contributed by atoms with Gasteiger partial charge in [0, 0.05) is 10.5 Å². The Morgan fingerprint density at radius 3 is 2.71 bits per heavy atom. The van der Waals surface area contributed by atoms with Crippen LogP contribution in [0.1, 0.15) is 18.4 Å². The van der Waals surface area contributed by atoms with E-state index in [4.69, 9.17) is 0 Å². The average Bonchev–Trinajstić information content (AvgIpc) is 3.00. The summed E-state index contributed by atoms with van der Waals surface area (Å²) in [6.07, 6.45) is 3.94. The summed E-state index contributed by atoms with van der Waals surface area (Å²) in [6, 6.07) is 9.17. The number of benzene rings is 1. The van der Waals surface area contributed by atoms with Crippen LogP contribution in [0.15, 0.2) is 28.7 Å². The maximum absolute atomic E-state index is 3.60. The van der Waals surface area contributed by atoms with Gasteiger partial charge >= 0.3 is 0 Å². The van der Waals surface area contributed by atoms with E-state index in [1.807, 2.05) is 0 Å². The number of likely N-dealkylation sites (N-methyl/N-ethyl adjacent to an activating group) is 1. The molecule has 1 N–H and O–H groups in total. The van der Waals surface area contributed by atoms with Gasteiger partial charge in [-0.05, 0) is 43.9 Å². The van der Waals surface area contributed by atoms with Crippen molar-refractivity contribution in [2.45, 2.75) is 25.3 Å². The first kappa shape index (κ1) is 10.2. The lowest BCUT2D eigenvalue weighted by Crippen LogP contribution is -2.29. The maximum atomic E-state index is 3.60. The van der Waals surface area contributed by atoms with Crippen molar-refractivity contribution in [1.29, 1.82) is 0 Å². The van der Waals surface area contributed by atoms with Crippen LogP contribution in [-0.2, 0) is 6.42 Å². The Balaban J connectivity index is 2.04. The Morgan fingerprint density at radius 2 is 2.14 bits per heavy atom. The van der Waals surface area contributed by atoms with Gasteiger partial charge in [-0.15, -0.1) is 0 Å². The minimum absolute atomic E-state index is 0.661. The molecule has 1 atom stereocenters. The number of nitrogens with one attached hydrogen (secondary N) is 1. The first-order valence-corrected chi connectivity index (χ1v) is 6.01. The molecule has 1 unspecified atom stereocenters. The monoisotopic (exact) mass is 253 g/mol. The highest BCUT2D eigenvalue weighted by atomic mass is 79.9. The van der Waals surface area contributed by atoms with Crippen LogP contribution in [0.3, 0.4) is 0 Å². The third-order valence-electron chi connectivity index (χ3n) is 2.96. The van der Waals surface area contributed by atoms with Crippen LogP contribution in [0.25, 0.3) is 0 Å². The zero-order valence-electron chi connectivity index (χ0n) is 8.46. The van der Waals surface area contributed by atoms with Crippen LogP contribution in [0.2, 0.25) is 0 Å². The Hall–Kier alpha value is -0.340. The summed E-state index contributed by atoms with van der Waals surface area (Å²) in [4.78, 5) is 0. The van der Waals surface area contributed by atoms with Gasteiger partial charge in [-0.2, -0.15) is 0 Å². The van der Waals surface area contributed by atoms with Crippen LogP contribution < -0.4 is 5.32 Å². The van der Waals surface area contributed by atoms with Crippen molar-refractivity contribution < 1.29 is 0 Å². The Morgan fingerprint density at radius 1 is 1.43 bits per heavy atom. The topological polar surface area (TPSA) is 12.0 Å². The summed E-state index contributed by atoms with van der Waals surface area (Å²) >= 11 is 3.60. The number of hydrogen-bond donors (Lipinski definition) is 1. The fourth-order valence-electron chi connectivity index (χ4n) is 1.90. The molecule has 1 aliphatic rings. The molecule has 0 spiro atoms. The molecule has 1 fully saturated rings. The van der Waals surface area contributed by atoms with E-state index < -0.39 is 0 Å².